The van der Waals surface area contributed by atoms with Crippen molar-refractivity contribution in [2.75, 3.05) is 26.0 Å². The Labute approximate surface area is 129 Å². The molecular formula is C15H20N4OS. The van der Waals surface area contributed by atoms with Crippen molar-refractivity contribution >= 4 is 23.2 Å². The molecule has 2 heterocycles. The summed E-state index contributed by atoms with van der Waals surface area (Å²) in [7, 11) is 4.01. The molecule has 2 aromatic heterocycles. The lowest BCUT2D eigenvalue weighted by atomic mass is 10.2. The Hall–Kier alpha value is -1.92. The number of carbonyl (C=O) groups excluding carboxylic acids is 1. The monoisotopic (exact) mass is 304 g/mol. The minimum Gasteiger partial charge on any atom is -0.336 e. The SMILES string of the molecule is Cc1cccnc1NC(=O)NC[C@@H](c1cccs1)N(C)C. The Morgan fingerprint density at radius 2 is 2.19 bits per heavy atom. The maximum absolute atomic E-state index is 12.0. The van der Waals surface area contributed by atoms with E-state index in [0.29, 0.717) is 12.4 Å². The Balaban J connectivity index is 1.92. The molecular weight excluding hydrogens is 284 g/mol. The van der Waals surface area contributed by atoms with Crippen LogP contribution in [-0.2, 0) is 0 Å². The highest BCUT2D eigenvalue weighted by Crippen LogP contribution is 2.22. The van der Waals surface area contributed by atoms with Gasteiger partial charge in [0, 0.05) is 17.6 Å². The Morgan fingerprint density at radius 1 is 1.38 bits per heavy atom. The quantitative estimate of drug-likeness (QED) is 0.893. The van der Waals surface area contributed by atoms with E-state index in [4.69, 9.17) is 0 Å². The molecule has 2 aromatic rings. The summed E-state index contributed by atoms with van der Waals surface area (Å²) in [6.45, 7) is 2.46. The topological polar surface area (TPSA) is 57.3 Å². The maximum Gasteiger partial charge on any atom is 0.320 e. The largest absolute Gasteiger partial charge is 0.336 e. The minimum absolute atomic E-state index is 0.167. The second kappa shape index (κ2) is 7.19. The number of aryl methyl sites for hydroxylation is 1. The molecule has 112 valence electrons. The molecule has 0 aromatic carbocycles. The summed E-state index contributed by atoms with van der Waals surface area (Å²) in [4.78, 5) is 19.5. The van der Waals surface area contributed by atoms with E-state index in [1.54, 1.807) is 17.5 Å². The zero-order chi connectivity index (χ0) is 15.2. The molecule has 6 heteroatoms. The Kier molecular flexibility index (Phi) is 5.30. The zero-order valence-electron chi connectivity index (χ0n) is 12.5. The van der Waals surface area contributed by atoms with Gasteiger partial charge in [0.25, 0.3) is 0 Å². The van der Waals surface area contributed by atoms with Crippen molar-refractivity contribution in [3.05, 3.63) is 46.3 Å². The molecule has 0 aliphatic heterocycles. The van der Waals surface area contributed by atoms with Crippen LogP contribution in [0.2, 0.25) is 0 Å². The van der Waals surface area contributed by atoms with Crippen LogP contribution in [0.5, 0.6) is 0 Å². The third-order valence-electron chi connectivity index (χ3n) is 3.19. The summed E-state index contributed by atoms with van der Waals surface area (Å²) in [5.74, 6) is 0.590. The van der Waals surface area contributed by atoms with Gasteiger partial charge in [-0.1, -0.05) is 12.1 Å². The van der Waals surface area contributed by atoms with Crippen LogP contribution < -0.4 is 10.6 Å². The van der Waals surface area contributed by atoms with Crippen molar-refractivity contribution in [3.8, 4) is 0 Å². The smallest absolute Gasteiger partial charge is 0.320 e. The number of hydrogen-bond donors (Lipinski definition) is 2. The van der Waals surface area contributed by atoms with Gasteiger partial charge in [0.05, 0.1) is 6.04 Å². The van der Waals surface area contributed by atoms with Crippen LogP contribution in [0.1, 0.15) is 16.5 Å². The molecule has 0 bridgehead atoms. The van der Waals surface area contributed by atoms with Crippen molar-refractivity contribution < 1.29 is 4.79 Å². The molecule has 0 spiro atoms. The fourth-order valence-electron chi connectivity index (χ4n) is 1.98. The van der Waals surface area contributed by atoms with Crippen LogP contribution in [0, 0.1) is 6.92 Å². The van der Waals surface area contributed by atoms with Crippen LogP contribution in [-0.4, -0.2) is 36.6 Å². The number of rotatable bonds is 5. The van der Waals surface area contributed by atoms with Gasteiger partial charge in [-0.25, -0.2) is 9.78 Å². The number of pyridine rings is 1. The van der Waals surface area contributed by atoms with Gasteiger partial charge in [-0.3, -0.25) is 5.32 Å². The van der Waals surface area contributed by atoms with Gasteiger partial charge in [-0.2, -0.15) is 0 Å². The van der Waals surface area contributed by atoms with Crippen molar-refractivity contribution in [1.29, 1.82) is 0 Å². The number of aromatic nitrogens is 1. The van der Waals surface area contributed by atoms with Gasteiger partial charge in [0.1, 0.15) is 5.82 Å². The lowest BCUT2D eigenvalue weighted by Crippen LogP contribution is -2.36. The van der Waals surface area contributed by atoms with Gasteiger partial charge < -0.3 is 10.2 Å². The van der Waals surface area contributed by atoms with E-state index in [1.807, 2.05) is 44.6 Å². The number of anilines is 1. The average Bonchev–Trinajstić information content (AvgIpc) is 2.95. The summed E-state index contributed by atoms with van der Waals surface area (Å²) in [6, 6.07) is 7.79. The fraction of sp³-hybridized carbons (Fsp3) is 0.333. The molecule has 5 nitrogen and oxygen atoms in total. The summed E-state index contributed by atoms with van der Waals surface area (Å²) < 4.78 is 0. The number of urea groups is 1. The number of carbonyl (C=O) groups is 1. The van der Waals surface area contributed by atoms with Crippen LogP contribution in [0.3, 0.4) is 0 Å². The predicted molar refractivity (Wildman–Crippen MR) is 86.7 cm³/mol. The first-order valence-corrected chi connectivity index (χ1v) is 7.62. The lowest BCUT2D eigenvalue weighted by molar-refractivity contribution is 0.244. The number of thiophene rings is 1. The van der Waals surface area contributed by atoms with E-state index < -0.39 is 0 Å². The maximum atomic E-state index is 12.0. The van der Waals surface area contributed by atoms with Gasteiger partial charge in [-0.05, 0) is 44.1 Å². The molecule has 2 amide bonds. The van der Waals surface area contributed by atoms with Crippen molar-refractivity contribution in [3.63, 3.8) is 0 Å². The Bertz CT molecular complexity index is 583. The van der Waals surface area contributed by atoms with E-state index in [0.717, 1.165) is 5.56 Å². The second-order valence-electron chi connectivity index (χ2n) is 5.00. The molecule has 2 rings (SSSR count). The van der Waals surface area contributed by atoms with E-state index in [-0.39, 0.29) is 12.1 Å². The van der Waals surface area contributed by atoms with Gasteiger partial charge in [0.15, 0.2) is 0 Å². The van der Waals surface area contributed by atoms with Crippen LogP contribution in [0.25, 0.3) is 0 Å². The minimum atomic E-state index is -0.236. The van der Waals surface area contributed by atoms with Crippen molar-refractivity contribution in [1.82, 2.24) is 15.2 Å². The molecule has 0 saturated heterocycles. The highest BCUT2D eigenvalue weighted by molar-refractivity contribution is 7.10. The van der Waals surface area contributed by atoms with Gasteiger partial charge in [0.2, 0.25) is 0 Å². The molecule has 0 fully saturated rings. The third-order valence-corrected chi connectivity index (χ3v) is 4.17. The van der Waals surface area contributed by atoms with Crippen LogP contribution >= 0.6 is 11.3 Å². The average molecular weight is 304 g/mol. The Morgan fingerprint density at radius 3 is 2.81 bits per heavy atom. The summed E-state index contributed by atoms with van der Waals surface area (Å²) in [6.07, 6.45) is 1.66. The number of hydrogen-bond acceptors (Lipinski definition) is 4. The third kappa shape index (κ3) is 4.27. The predicted octanol–water partition coefficient (Wildman–Crippen LogP) is 2.88. The molecule has 0 aliphatic carbocycles. The van der Waals surface area contributed by atoms with E-state index >= 15 is 0 Å². The first-order chi connectivity index (χ1) is 10.1. The molecule has 0 aliphatic rings. The molecule has 0 radical (unpaired) electrons. The number of likely N-dealkylation sites (N-methyl/N-ethyl adjacent to an activating group) is 1. The molecule has 21 heavy (non-hydrogen) atoms. The molecule has 2 N–H and O–H groups in total. The number of amides is 2. The van der Waals surface area contributed by atoms with E-state index in [1.165, 1.54) is 4.88 Å². The van der Waals surface area contributed by atoms with Crippen molar-refractivity contribution in [2.24, 2.45) is 0 Å². The molecule has 0 saturated carbocycles. The fourth-order valence-corrected chi connectivity index (χ4v) is 2.90. The van der Waals surface area contributed by atoms with Crippen LogP contribution in [0.15, 0.2) is 35.8 Å². The lowest BCUT2D eigenvalue weighted by Gasteiger charge is -2.23. The van der Waals surface area contributed by atoms with E-state index in [2.05, 4.69) is 26.6 Å². The number of nitrogens with zero attached hydrogens (tertiary/aromatic N) is 2. The van der Waals surface area contributed by atoms with Crippen molar-refractivity contribution in [2.45, 2.75) is 13.0 Å². The summed E-state index contributed by atoms with van der Waals surface area (Å²) in [5, 5.41) is 7.72. The second-order valence-corrected chi connectivity index (χ2v) is 5.98. The summed E-state index contributed by atoms with van der Waals surface area (Å²) >= 11 is 1.69. The van der Waals surface area contributed by atoms with Crippen LogP contribution in [0.4, 0.5) is 10.6 Å². The highest BCUT2D eigenvalue weighted by Gasteiger charge is 2.16. The van der Waals surface area contributed by atoms with Gasteiger partial charge in [-0.15, -0.1) is 11.3 Å². The highest BCUT2D eigenvalue weighted by atomic mass is 32.1. The standard InChI is InChI=1S/C15H20N4OS/c1-11-6-4-8-16-14(11)18-15(20)17-10-12(19(2)3)13-7-5-9-21-13/h4-9,12H,10H2,1-3H3,(H2,16,17,18,20)/t12-/m0/s1. The first kappa shape index (κ1) is 15.5. The zero-order valence-corrected chi connectivity index (χ0v) is 13.3. The van der Waals surface area contributed by atoms with Gasteiger partial charge >= 0.3 is 6.03 Å². The first-order valence-electron chi connectivity index (χ1n) is 6.74. The molecule has 1 atom stereocenters. The molecule has 0 unspecified atom stereocenters. The normalized spacial score (nSPS) is 12.2. The van der Waals surface area contributed by atoms with E-state index in [9.17, 15) is 4.79 Å². The summed E-state index contributed by atoms with van der Waals surface area (Å²) in [5.41, 5.74) is 0.940. The number of nitrogens with one attached hydrogen (secondary N) is 2.